The third kappa shape index (κ3) is 8.38. The number of ether oxygens (including phenoxy) is 1. The average molecular weight is 588 g/mol. The van der Waals surface area contributed by atoms with Crippen LogP contribution in [0.1, 0.15) is 56.6 Å². The van der Waals surface area contributed by atoms with Crippen LogP contribution in [0.2, 0.25) is 0 Å². The number of hydrogen-bond acceptors (Lipinski definition) is 3. The van der Waals surface area contributed by atoms with E-state index >= 15 is 0 Å². The molecule has 26 heavy (non-hydrogen) atoms. The molecule has 1 aromatic rings. The number of benzene rings is 1. The van der Waals surface area contributed by atoms with E-state index in [-0.39, 0.29) is 37.5 Å². The molecule has 1 aliphatic rings. The van der Waals surface area contributed by atoms with E-state index in [1.165, 1.54) is 0 Å². The van der Waals surface area contributed by atoms with Crippen molar-refractivity contribution in [3.8, 4) is 6.07 Å². The molecule has 2 N–H and O–H groups in total. The second-order valence-corrected chi connectivity index (χ2v) is 6.37. The Bertz CT molecular complexity index is 575. The van der Waals surface area contributed by atoms with E-state index in [0.29, 0.717) is 31.4 Å². The van der Waals surface area contributed by atoms with Gasteiger partial charge in [0, 0.05) is 5.69 Å². The van der Waals surface area contributed by atoms with Crippen molar-refractivity contribution in [1.29, 1.82) is 5.26 Å². The Kier molecular flexibility index (Phi) is 12.4. The minimum absolute atomic E-state index is 0. The van der Waals surface area contributed by atoms with Gasteiger partial charge in [-0.05, 0) is 49.4 Å². The first-order valence-electron chi connectivity index (χ1n) is 8.74. The third-order valence-corrected chi connectivity index (χ3v) is 4.42. The van der Waals surface area contributed by atoms with Crippen molar-refractivity contribution in [2.45, 2.75) is 58.3 Å². The topological polar surface area (TPSA) is 59.0 Å². The summed E-state index contributed by atoms with van der Waals surface area (Å²) < 4.78 is 32.3. The van der Waals surface area contributed by atoms with Crippen LogP contribution in [0.25, 0.3) is 0 Å². The van der Waals surface area contributed by atoms with Crippen molar-refractivity contribution >= 4 is 5.69 Å². The maximum absolute atomic E-state index is 13.5. The number of nitrogens with zero attached hydrogens (tertiary/aromatic N) is 1. The Morgan fingerprint density at radius 1 is 1.46 bits per heavy atom. The van der Waals surface area contributed by atoms with Gasteiger partial charge in [-0.2, -0.15) is 11.4 Å². The summed E-state index contributed by atoms with van der Waals surface area (Å²) in [5.41, 5.74) is 7.89. The fourth-order valence-corrected chi connectivity index (χ4v) is 2.82. The SMILES string of the molecule is Cc1cc(C#N)ccc1N.[CH2-]CO[C-]1CCC(F)(F)C(CCCC)C1.[U+2]. The number of rotatable bonds is 5. The van der Waals surface area contributed by atoms with Crippen LogP contribution in [-0.4, -0.2) is 12.5 Å². The summed E-state index contributed by atoms with van der Waals surface area (Å²) in [7, 11) is 0. The minimum Gasteiger partial charge on any atom is -0.575 e. The molecule has 0 aliphatic heterocycles. The van der Waals surface area contributed by atoms with Gasteiger partial charge in [-0.25, -0.2) is 8.78 Å². The number of nitrogen functional groups attached to an aromatic ring is 1. The van der Waals surface area contributed by atoms with Gasteiger partial charge >= 0.3 is 31.1 Å². The molecule has 0 spiro atoms. The summed E-state index contributed by atoms with van der Waals surface area (Å²) in [6.45, 7) is 7.83. The summed E-state index contributed by atoms with van der Waals surface area (Å²) in [5, 5.41) is 8.46. The molecule has 0 heterocycles. The minimum atomic E-state index is -2.50. The van der Waals surface area contributed by atoms with E-state index in [1.807, 2.05) is 19.9 Å². The smallest absolute Gasteiger partial charge is 0.575 e. The first kappa shape index (κ1) is 25.4. The molecule has 2 rings (SSSR count). The normalized spacial score (nSPS) is 18.8. The third-order valence-electron chi connectivity index (χ3n) is 4.42. The van der Waals surface area contributed by atoms with Crippen molar-refractivity contribution in [3.05, 3.63) is 42.4 Å². The second kappa shape index (κ2) is 12.7. The molecule has 3 nitrogen and oxygen atoms in total. The summed E-state index contributed by atoms with van der Waals surface area (Å²) in [4.78, 5) is 0. The molecule has 1 atom stereocenters. The van der Waals surface area contributed by atoms with Gasteiger partial charge in [-0.3, -0.25) is 0 Å². The van der Waals surface area contributed by atoms with Crippen molar-refractivity contribution < 1.29 is 44.6 Å². The molecule has 1 aliphatic carbocycles. The summed E-state index contributed by atoms with van der Waals surface area (Å²) in [5.74, 6) is -3.02. The number of alkyl halides is 2. The number of nitriles is 1. The Morgan fingerprint density at radius 3 is 2.69 bits per heavy atom. The van der Waals surface area contributed by atoms with E-state index in [4.69, 9.17) is 15.7 Å². The van der Waals surface area contributed by atoms with Gasteiger partial charge in [-0.15, -0.1) is 19.4 Å². The second-order valence-electron chi connectivity index (χ2n) is 6.37. The standard InChI is InChI=1S/C12H20F2O.C8H8N2.U/c1-3-5-6-10-9-11(15-4-2)7-8-12(10,13)14;1-6-4-7(5-9)2-3-8(6)10;/h10H,2-9H2,1H3;2-4H,10H2,1H3;/q-2;;+2. The molecular formula is C20H28F2N2OU. The average Bonchev–Trinajstić information content (AvgIpc) is 2.58. The van der Waals surface area contributed by atoms with Crippen LogP contribution in [0.15, 0.2) is 18.2 Å². The van der Waals surface area contributed by atoms with Gasteiger partial charge in [0.05, 0.1) is 11.6 Å². The number of anilines is 1. The predicted molar refractivity (Wildman–Crippen MR) is 96.7 cm³/mol. The van der Waals surface area contributed by atoms with Crippen molar-refractivity contribution in [2.75, 3.05) is 12.3 Å². The molecule has 1 saturated carbocycles. The number of hydrogen-bond donors (Lipinski definition) is 1. The fraction of sp³-hybridized carbons (Fsp3) is 0.550. The maximum Gasteiger partial charge on any atom is 2.00 e. The van der Waals surface area contributed by atoms with Crippen LogP contribution in [-0.2, 0) is 4.74 Å². The van der Waals surface area contributed by atoms with E-state index < -0.39 is 11.8 Å². The monoisotopic (exact) mass is 588 g/mol. The van der Waals surface area contributed by atoms with Crippen LogP contribution in [0.4, 0.5) is 14.5 Å². The number of nitrogens with two attached hydrogens (primary N) is 1. The molecule has 6 heteroatoms. The summed E-state index contributed by atoms with van der Waals surface area (Å²) in [6.07, 6.45) is 4.02. The van der Waals surface area contributed by atoms with Crippen LogP contribution in [0.5, 0.6) is 0 Å². The van der Waals surface area contributed by atoms with Gasteiger partial charge in [0.15, 0.2) is 0 Å². The van der Waals surface area contributed by atoms with Crippen LogP contribution in [0, 0.1) is 68.3 Å². The van der Waals surface area contributed by atoms with E-state index in [2.05, 4.69) is 6.92 Å². The predicted octanol–water partition coefficient (Wildman–Crippen LogP) is 5.44. The Balaban J connectivity index is 0.000000497. The van der Waals surface area contributed by atoms with E-state index in [1.54, 1.807) is 18.2 Å². The molecule has 142 valence electrons. The molecule has 0 amide bonds. The molecule has 0 bridgehead atoms. The largest absolute Gasteiger partial charge is 2.00 e. The van der Waals surface area contributed by atoms with Gasteiger partial charge in [0.2, 0.25) is 5.92 Å². The quantitative estimate of drug-likeness (QED) is 0.368. The summed E-state index contributed by atoms with van der Waals surface area (Å²) >= 11 is 0. The first-order chi connectivity index (χ1) is 11.8. The van der Waals surface area contributed by atoms with E-state index in [0.717, 1.165) is 30.2 Å². The fourth-order valence-electron chi connectivity index (χ4n) is 2.82. The first-order valence-corrected chi connectivity index (χ1v) is 8.74. The van der Waals surface area contributed by atoms with Gasteiger partial charge < -0.3 is 17.4 Å². The molecule has 0 radical (unpaired) electrons. The Labute approximate surface area is 180 Å². The maximum atomic E-state index is 13.5. The zero-order chi connectivity index (χ0) is 18.9. The number of aryl methyl sites for hydroxylation is 1. The van der Waals surface area contributed by atoms with Gasteiger partial charge in [0.1, 0.15) is 0 Å². The molecule has 1 unspecified atom stereocenters. The van der Waals surface area contributed by atoms with Crippen LogP contribution < -0.4 is 5.73 Å². The zero-order valence-electron chi connectivity index (χ0n) is 15.7. The van der Waals surface area contributed by atoms with Crippen molar-refractivity contribution in [1.82, 2.24) is 0 Å². The van der Waals surface area contributed by atoms with E-state index in [9.17, 15) is 8.78 Å². The van der Waals surface area contributed by atoms with Crippen LogP contribution >= 0.6 is 0 Å². The van der Waals surface area contributed by atoms with Crippen molar-refractivity contribution in [3.63, 3.8) is 0 Å². The molecular weight excluding hydrogens is 560 g/mol. The molecule has 0 aromatic heterocycles. The van der Waals surface area contributed by atoms with Crippen LogP contribution in [0.3, 0.4) is 0 Å². The number of halogens is 2. The molecule has 1 aromatic carbocycles. The van der Waals surface area contributed by atoms with Gasteiger partial charge in [0.25, 0.3) is 0 Å². The van der Waals surface area contributed by atoms with Gasteiger partial charge in [-0.1, -0.05) is 19.8 Å². The Morgan fingerprint density at radius 2 is 2.15 bits per heavy atom. The zero-order valence-corrected chi connectivity index (χ0v) is 19.8. The number of unbranched alkanes of at least 4 members (excludes halogenated alkanes) is 1. The molecule has 1 fully saturated rings. The molecule has 0 saturated heterocycles. The van der Waals surface area contributed by atoms with Crippen molar-refractivity contribution in [2.24, 2.45) is 5.92 Å². The summed E-state index contributed by atoms with van der Waals surface area (Å²) in [6, 6.07) is 7.27. The Hall–Kier alpha value is -0.618.